The summed E-state index contributed by atoms with van der Waals surface area (Å²) in [7, 11) is 1.91. The highest BCUT2D eigenvalue weighted by Gasteiger charge is 2.05. The number of aryl methyl sites for hydroxylation is 1. The van der Waals surface area contributed by atoms with Crippen molar-refractivity contribution in [1.82, 2.24) is 9.78 Å². The third-order valence-electron chi connectivity index (χ3n) is 2.80. The third-order valence-corrected chi connectivity index (χ3v) is 2.80. The van der Waals surface area contributed by atoms with Gasteiger partial charge in [-0.2, -0.15) is 5.10 Å². The third kappa shape index (κ3) is 1.88. The van der Waals surface area contributed by atoms with Crippen LogP contribution in [0.2, 0.25) is 0 Å². The maximum Gasteiger partial charge on any atom is 0.166 e. The minimum Gasteiger partial charge on any atom is -0.381 e. The van der Waals surface area contributed by atoms with Crippen molar-refractivity contribution in [2.24, 2.45) is 7.05 Å². The molecule has 0 aliphatic heterocycles. The van der Waals surface area contributed by atoms with E-state index in [-0.39, 0.29) is 0 Å². The van der Waals surface area contributed by atoms with Crippen LogP contribution < -0.4 is 10.3 Å². The van der Waals surface area contributed by atoms with Crippen LogP contribution in [0.1, 0.15) is 0 Å². The van der Waals surface area contributed by atoms with Crippen LogP contribution in [0, 0.1) is 0 Å². The molecule has 1 aromatic heterocycles. The minimum absolute atomic E-state index is 0.768. The van der Waals surface area contributed by atoms with Gasteiger partial charge >= 0.3 is 0 Å². The molecule has 2 aromatic carbocycles. The summed E-state index contributed by atoms with van der Waals surface area (Å²) in [6.07, 6.45) is 1.80. The van der Waals surface area contributed by atoms with E-state index >= 15 is 0 Å². The standard InChI is InChI=1S/C14H13N3O/c1-17-13-8-5-9-14(12(13)10-15-17)18-16-11-6-3-2-4-7-11/h2-10,16H,1H3. The molecule has 90 valence electrons. The van der Waals surface area contributed by atoms with E-state index in [2.05, 4.69) is 10.6 Å². The summed E-state index contributed by atoms with van der Waals surface area (Å²) in [6.45, 7) is 0. The molecular formula is C14H13N3O. The molecule has 0 aliphatic rings. The van der Waals surface area contributed by atoms with Crippen LogP contribution in [0.4, 0.5) is 5.69 Å². The van der Waals surface area contributed by atoms with Crippen LogP contribution in [0.5, 0.6) is 5.75 Å². The first-order chi connectivity index (χ1) is 8.84. The number of fused-ring (bicyclic) bond motifs is 1. The van der Waals surface area contributed by atoms with E-state index in [1.807, 2.05) is 60.3 Å². The molecule has 1 N–H and O–H groups in total. The van der Waals surface area contributed by atoms with E-state index in [1.54, 1.807) is 6.20 Å². The molecule has 3 rings (SSSR count). The van der Waals surface area contributed by atoms with Gasteiger partial charge in [0.15, 0.2) is 5.75 Å². The number of aromatic nitrogens is 2. The molecule has 0 aliphatic carbocycles. The lowest BCUT2D eigenvalue weighted by Gasteiger charge is -2.08. The van der Waals surface area contributed by atoms with Gasteiger partial charge in [-0.1, -0.05) is 24.3 Å². The van der Waals surface area contributed by atoms with Gasteiger partial charge in [0.2, 0.25) is 0 Å². The second kappa shape index (κ2) is 4.41. The predicted molar refractivity (Wildman–Crippen MR) is 71.4 cm³/mol. The quantitative estimate of drug-likeness (QED) is 0.714. The molecule has 0 spiro atoms. The van der Waals surface area contributed by atoms with E-state index in [0.717, 1.165) is 22.3 Å². The van der Waals surface area contributed by atoms with Gasteiger partial charge in [0.05, 0.1) is 22.8 Å². The summed E-state index contributed by atoms with van der Waals surface area (Å²) in [4.78, 5) is 5.62. The average Bonchev–Trinajstić information content (AvgIpc) is 2.80. The number of anilines is 1. The second-order valence-corrected chi connectivity index (χ2v) is 4.03. The Labute approximate surface area is 105 Å². The van der Waals surface area contributed by atoms with E-state index in [9.17, 15) is 0 Å². The number of nitrogens with one attached hydrogen (secondary N) is 1. The highest BCUT2D eigenvalue weighted by Crippen LogP contribution is 2.24. The van der Waals surface area contributed by atoms with Crippen LogP contribution in [0.3, 0.4) is 0 Å². The van der Waals surface area contributed by atoms with Crippen molar-refractivity contribution in [2.75, 3.05) is 5.48 Å². The summed E-state index contributed by atoms with van der Waals surface area (Å²) in [5, 5.41) is 5.21. The number of hydrogen-bond donors (Lipinski definition) is 1. The van der Waals surface area contributed by atoms with Crippen molar-refractivity contribution in [3.05, 3.63) is 54.7 Å². The van der Waals surface area contributed by atoms with E-state index in [4.69, 9.17) is 4.84 Å². The first-order valence-corrected chi connectivity index (χ1v) is 5.73. The lowest BCUT2D eigenvalue weighted by atomic mass is 10.2. The maximum absolute atomic E-state index is 5.62. The zero-order valence-electron chi connectivity index (χ0n) is 10.00. The van der Waals surface area contributed by atoms with Gasteiger partial charge in [0.1, 0.15) is 0 Å². The van der Waals surface area contributed by atoms with Crippen LogP contribution >= 0.6 is 0 Å². The highest BCUT2D eigenvalue weighted by atomic mass is 16.6. The van der Waals surface area contributed by atoms with Gasteiger partial charge in [-0.25, -0.2) is 5.48 Å². The van der Waals surface area contributed by atoms with Crippen LogP contribution in [-0.2, 0) is 7.05 Å². The Morgan fingerprint density at radius 3 is 2.72 bits per heavy atom. The number of hydrogen-bond acceptors (Lipinski definition) is 3. The normalized spacial score (nSPS) is 10.5. The fraction of sp³-hybridized carbons (Fsp3) is 0.0714. The Hall–Kier alpha value is -2.49. The number of nitrogens with zero attached hydrogens (tertiary/aromatic N) is 2. The zero-order valence-corrected chi connectivity index (χ0v) is 10.00. The molecule has 0 fully saturated rings. The average molecular weight is 239 g/mol. The summed E-state index contributed by atoms with van der Waals surface area (Å²) in [5.74, 6) is 0.768. The molecule has 3 aromatic rings. The lowest BCUT2D eigenvalue weighted by molar-refractivity contribution is 0.410. The van der Waals surface area contributed by atoms with Gasteiger partial charge in [-0.15, -0.1) is 0 Å². The number of para-hydroxylation sites is 1. The molecule has 0 amide bonds. The van der Waals surface area contributed by atoms with Crippen LogP contribution in [-0.4, -0.2) is 9.78 Å². The summed E-state index contributed by atoms with van der Waals surface area (Å²) < 4.78 is 1.82. The monoisotopic (exact) mass is 239 g/mol. The lowest BCUT2D eigenvalue weighted by Crippen LogP contribution is -2.04. The van der Waals surface area contributed by atoms with Gasteiger partial charge in [0, 0.05) is 7.05 Å². The first kappa shape index (κ1) is 10.7. The Bertz CT molecular complexity index is 661. The molecule has 4 heteroatoms. The molecule has 0 saturated carbocycles. The largest absolute Gasteiger partial charge is 0.381 e. The number of rotatable bonds is 3. The Morgan fingerprint density at radius 1 is 1.06 bits per heavy atom. The molecule has 0 unspecified atom stereocenters. The zero-order chi connectivity index (χ0) is 12.4. The predicted octanol–water partition coefficient (Wildman–Crippen LogP) is 2.98. The van der Waals surface area contributed by atoms with Crippen LogP contribution in [0.15, 0.2) is 54.7 Å². The Kier molecular flexibility index (Phi) is 2.61. The number of benzene rings is 2. The fourth-order valence-corrected chi connectivity index (χ4v) is 1.86. The van der Waals surface area contributed by atoms with Crippen molar-refractivity contribution in [3.63, 3.8) is 0 Å². The van der Waals surface area contributed by atoms with Crippen molar-refractivity contribution in [2.45, 2.75) is 0 Å². The highest BCUT2D eigenvalue weighted by molar-refractivity contribution is 5.85. The van der Waals surface area contributed by atoms with Gasteiger partial charge in [-0.3, -0.25) is 4.68 Å². The molecule has 4 nitrogen and oxygen atoms in total. The molecule has 0 bridgehead atoms. The van der Waals surface area contributed by atoms with Crippen LogP contribution in [0.25, 0.3) is 10.9 Å². The maximum atomic E-state index is 5.62. The summed E-state index contributed by atoms with van der Waals surface area (Å²) in [5.41, 5.74) is 4.88. The van der Waals surface area contributed by atoms with Gasteiger partial charge in [-0.05, 0) is 24.3 Å². The fourth-order valence-electron chi connectivity index (χ4n) is 1.86. The second-order valence-electron chi connectivity index (χ2n) is 4.03. The van der Waals surface area contributed by atoms with Crippen molar-refractivity contribution in [3.8, 4) is 5.75 Å². The van der Waals surface area contributed by atoms with E-state index in [1.165, 1.54) is 0 Å². The van der Waals surface area contributed by atoms with Crippen molar-refractivity contribution < 1.29 is 4.84 Å². The first-order valence-electron chi connectivity index (χ1n) is 5.73. The Morgan fingerprint density at radius 2 is 1.89 bits per heavy atom. The van der Waals surface area contributed by atoms with Gasteiger partial charge in [0.25, 0.3) is 0 Å². The van der Waals surface area contributed by atoms with Crippen molar-refractivity contribution >= 4 is 16.6 Å². The minimum atomic E-state index is 0.768. The summed E-state index contributed by atoms with van der Waals surface area (Å²) >= 11 is 0. The molecular weight excluding hydrogens is 226 g/mol. The smallest absolute Gasteiger partial charge is 0.166 e. The van der Waals surface area contributed by atoms with Crippen molar-refractivity contribution in [1.29, 1.82) is 0 Å². The van der Waals surface area contributed by atoms with E-state index in [0.29, 0.717) is 0 Å². The summed E-state index contributed by atoms with van der Waals surface area (Å²) in [6, 6.07) is 15.6. The Balaban J connectivity index is 1.87. The van der Waals surface area contributed by atoms with Gasteiger partial charge < -0.3 is 4.84 Å². The molecule has 0 atom stereocenters. The molecule has 0 saturated heterocycles. The molecule has 0 radical (unpaired) electrons. The van der Waals surface area contributed by atoms with E-state index < -0.39 is 0 Å². The molecule has 1 heterocycles. The topological polar surface area (TPSA) is 39.1 Å². The SMILES string of the molecule is Cn1ncc2c(ONc3ccccc3)cccc21. The molecule has 18 heavy (non-hydrogen) atoms.